The van der Waals surface area contributed by atoms with Gasteiger partial charge in [0.05, 0.1) is 20.3 Å². The molecule has 0 spiro atoms. The van der Waals surface area contributed by atoms with Crippen molar-refractivity contribution in [2.45, 2.75) is 6.10 Å². The number of ether oxygens (including phenoxy) is 3. The maximum absolute atomic E-state index is 8.31. The number of nitrogens with zero attached hydrogens (tertiary/aromatic N) is 3. The van der Waals surface area contributed by atoms with Gasteiger partial charge in [0.25, 0.3) is 0 Å². The highest BCUT2D eigenvalue weighted by Gasteiger charge is 2.21. The number of methoxy groups -OCH3 is 1. The van der Waals surface area contributed by atoms with Gasteiger partial charge in [0, 0.05) is 10.6 Å². The van der Waals surface area contributed by atoms with E-state index in [9.17, 15) is 0 Å². The van der Waals surface area contributed by atoms with Gasteiger partial charge in [-0.1, -0.05) is 5.11 Å². The summed E-state index contributed by atoms with van der Waals surface area (Å²) in [4.78, 5) is 2.71. The maximum Gasteiger partial charge on any atom is 0.161 e. The number of rotatable bonds is 4. The Bertz CT molecular complexity index is 425. The van der Waals surface area contributed by atoms with Crippen LogP contribution in [0.2, 0.25) is 0 Å². The first-order chi connectivity index (χ1) is 7.83. The monoisotopic (exact) mass is 221 g/mol. The van der Waals surface area contributed by atoms with Crippen LogP contribution in [0, 0.1) is 0 Å². The molecule has 1 aromatic carbocycles. The largest absolute Gasteiger partial charge is 0.493 e. The van der Waals surface area contributed by atoms with E-state index in [1.165, 1.54) is 0 Å². The van der Waals surface area contributed by atoms with Crippen molar-refractivity contribution in [3.63, 3.8) is 0 Å². The van der Waals surface area contributed by atoms with E-state index in [0.717, 1.165) is 0 Å². The van der Waals surface area contributed by atoms with Crippen LogP contribution in [-0.4, -0.2) is 26.4 Å². The number of benzene rings is 1. The Morgan fingerprint density at radius 3 is 2.81 bits per heavy atom. The van der Waals surface area contributed by atoms with Gasteiger partial charge in [-0.3, -0.25) is 0 Å². The molecular formula is C10H11N3O3. The van der Waals surface area contributed by atoms with E-state index in [-0.39, 0.29) is 6.10 Å². The molecule has 0 N–H and O–H groups in total. The molecule has 6 heteroatoms. The van der Waals surface area contributed by atoms with Gasteiger partial charge in [-0.15, -0.1) is 0 Å². The van der Waals surface area contributed by atoms with Crippen LogP contribution in [0.25, 0.3) is 10.4 Å². The fraction of sp³-hybridized carbons (Fsp3) is 0.400. The predicted octanol–water partition coefficient (Wildman–Crippen LogP) is 2.41. The molecule has 16 heavy (non-hydrogen) atoms. The fourth-order valence-electron chi connectivity index (χ4n) is 1.33. The van der Waals surface area contributed by atoms with Crippen LogP contribution in [0.3, 0.4) is 0 Å². The van der Waals surface area contributed by atoms with Crippen LogP contribution in [0.15, 0.2) is 23.3 Å². The SMILES string of the molecule is COc1cc(N=[N+]=[N-])ccc1OC1COC1. The molecule has 1 aliphatic heterocycles. The predicted molar refractivity (Wildman–Crippen MR) is 57.0 cm³/mol. The van der Waals surface area contributed by atoms with E-state index in [1.807, 2.05) is 0 Å². The zero-order chi connectivity index (χ0) is 11.4. The second kappa shape index (κ2) is 4.74. The first kappa shape index (κ1) is 10.6. The van der Waals surface area contributed by atoms with Gasteiger partial charge in [0.2, 0.25) is 0 Å². The van der Waals surface area contributed by atoms with E-state index < -0.39 is 0 Å². The van der Waals surface area contributed by atoms with Crippen LogP contribution < -0.4 is 9.47 Å². The topological polar surface area (TPSA) is 76.5 Å². The Labute approximate surface area is 92.4 Å². The molecule has 2 rings (SSSR count). The lowest BCUT2D eigenvalue weighted by Crippen LogP contribution is -2.38. The Kier molecular flexibility index (Phi) is 3.14. The van der Waals surface area contributed by atoms with Crippen molar-refractivity contribution in [1.82, 2.24) is 0 Å². The minimum atomic E-state index is 0.0826. The van der Waals surface area contributed by atoms with Crippen LogP contribution in [0.4, 0.5) is 5.69 Å². The van der Waals surface area contributed by atoms with Crippen molar-refractivity contribution < 1.29 is 14.2 Å². The van der Waals surface area contributed by atoms with Crippen LogP contribution in [-0.2, 0) is 4.74 Å². The van der Waals surface area contributed by atoms with Gasteiger partial charge in [0.15, 0.2) is 11.5 Å². The molecule has 0 saturated carbocycles. The second-order valence-corrected chi connectivity index (χ2v) is 3.30. The average molecular weight is 221 g/mol. The van der Waals surface area contributed by atoms with Crippen LogP contribution in [0.5, 0.6) is 11.5 Å². The summed E-state index contributed by atoms with van der Waals surface area (Å²) in [5, 5.41) is 3.49. The lowest BCUT2D eigenvalue weighted by molar-refractivity contribution is -0.0803. The summed E-state index contributed by atoms with van der Waals surface area (Å²) in [7, 11) is 1.54. The molecule has 0 bridgehead atoms. The maximum atomic E-state index is 8.31. The van der Waals surface area contributed by atoms with E-state index >= 15 is 0 Å². The normalized spacial score (nSPS) is 14.8. The summed E-state index contributed by atoms with van der Waals surface area (Å²) < 4.78 is 15.8. The standard InChI is InChI=1S/C10H11N3O3/c1-14-10-4-7(12-13-11)2-3-9(10)16-8-5-15-6-8/h2-4,8H,5-6H2,1H3. The van der Waals surface area contributed by atoms with Crippen molar-refractivity contribution >= 4 is 5.69 Å². The van der Waals surface area contributed by atoms with Crippen molar-refractivity contribution in [2.24, 2.45) is 5.11 Å². The lowest BCUT2D eigenvalue weighted by Gasteiger charge is -2.27. The van der Waals surface area contributed by atoms with Crippen molar-refractivity contribution in [1.29, 1.82) is 0 Å². The minimum Gasteiger partial charge on any atom is -0.493 e. The molecule has 1 aliphatic rings. The first-order valence-corrected chi connectivity index (χ1v) is 4.81. The molecule has 0 amide bonds. The van der Waals surface area contributed by atoms with Gasteiger partial charge in [0.1, 0.15) is 6.10 Å². The Morgan fingerprint density at radius 2 is 2.25 bits per heavy atom. The van der Waals surface area contributed by atoms with E-state index in [1.54, 1.807) is 25.3 Å². The minimum absolute atomic E-state index is 0.0826. The molecule has 1 fully saturated rings. The zero-order valence-corrected chi connectivity index (χ0v) is 8.79. The van der Waals surface area contributed by atoms with Gasteiger partial charge >= 0.3 is 0 Å². The zero-order valence-electron chi connectivity index (χ0n) is 8.79. The van der Waals surface area contributed by atoms with Crippen molar-refractivity contribution in [3.05, 3.63) is 28.6 Å². The van der Waals surface area contributed by atoms with Gasteiger partial charge in [-0.2, -0.15) is 0 Å². The summed E-state index contributed by atoms with van der Waals surface area (Å²) in [6, 6.07) is 5.03. The second-order valence-electron chi connectivity index (χ2n) is 3.30. The van der Waals surface area contributed by atoms with Gasteiger partial charge < -0.3 is 14.2 Å². The summed E-state index contributed by atoms with van der Waals surface area (Å²) in [5.74, 6) is 1.18. The number of azide groups is 1. The van der Waals surface area contributed by atoms with Gasteiger partial charge in [-0.25, -0.2) is 0 Å². The Hall–Kier alpha value is -1.91. The molecule has 0 aromatic heterocycles. The number of hydrogen-bond donors (Lipinski definition) is 0. The molecule has 0 unspecified atom stereocenters. The molecule has 1 heterocycles. The molecule has 84 valence electrons. The van der Waals surface area contributed by atoms with Crippen molar-refractivity contribution in [2.75, 3.05) is 20.3 Å². The van der Waals surface area contributed by atoms with E-state index in [4.69, 9.17) is 19.7 Å². The first-order valence-electron chi connectivity index (χ1n) is 4.81. The average Bonchev–Trinajstić information content (AvgIpc) is 2.25. The highest BCUT2D eigenvalue weighted by molar-refractivity contribution is 5.51. The van der Waals surface area contributed by atoms with Crippen LogP contribution in [0.1, 0.15) is 0 Å². The third kappa shape index (κ3) is 2.18. The van der Waals surface area contributed by atoms with E-state index in [0.29, 0.717) is 30.4 Å². The highest BCUT2D eigenvalue weighted by Crippen LogP contribution is 2.32. The Morgan fingerprint density at radius 1 is 1.44 bits per heavy atom. The molecule has 0 radical (unpaired) electrons. The lowest BCUT2D eigenvalue weighted by atomic mass is 10.2. The summed E-state index contributed by atoms with van der Waals surface area (Å²) in [6.07, 6.45) is 0.0826. The fourth-order valence-corrected chi connectivity index (χ4v) is 1.33. The Balaban J connectivity index is 2.19. The van der Waals surface area contributed by atoms with E-state index in [2.05, 4.69) is 10.0 Å². The highest BCUT2D eigenvalue weighted by atomic mass is 16.6. The third-order valence-electron chi connectivity index (χ3n) is 2.21. The molecular weight excluding hydrogens is 210 g/mol. The summed E-state index contributed by atoms with van der Waals surface area (Å²) in [6.45, 7) is 1.20. The van der Waals surface area contributed by atoms with Gasteiger partial charge in [-0.05, 0) is 23.7 Å². The molecule has 6 nitrogen and oxygen atoms in total. The molecule has 0 aliphatic carbocycles. The smallest absolute Gasteiger partial charge is 0.161 e. The molecule has 0 atom stereocenters. The molecule has 1 saturated heterocycles. The summed E-state index contributed by atoms with van der Waals surface area (Å²) >= 11 is 0. The molecule has 1 aromatic rings. The van der Waals surface area contributed by atoms with Crippen LogP contribution >= 0.6 is 0 Å². The quantitative estimate of drug-likeness (QED) is 0.445. The third-order valence-corrected chi connectivity index (χ3v) is 2.21. The summed E-state index contributed by atoms with van der Waals surface area (Å²) in [5.41, 5.74) is 8.81. The number of hydrogen-bond acceptors (Lipinski definition) is 4. The van der Waals surface area contributed by atoms with Crippen molar-refractivity contribution in [3.8, 4) is 11.5 Å².